The molecular formula is C15H20N2O2S. The molecule has 1 aromatic heterocycles. The minimum absolute atomic E-state index is 0.0131. The molecule has 0 aliphatic rings. The summed E-state index contributed by atoms with van der Waals surface area (Å²) in [4.78, 5) is 14.9. The van der Waals surface area contributed by atoms with E-state index in [1.54, 1.807) is 12.0 Å². The van der Waals surface area contributed by atoms with Gasteiger partial charge in [0.1, 0.15) is 4.88 Å². The third-order valence-electron chi connectivity index (χ3n) is 3.31. The van der Waals surface area contributed by atoms with Crippen LogP contribution in [-0.4, -0.2) is 37.6 Å². The van der Waals surface area contributed by atoms with Gasteiger partial charge in [-0.3, -0.25) is 4.79 Å². The smallest absolute Gasteiger partial charge is 0.266 e. The molecule has 5 heteroatoms. The monoisotopic (exact) mass is 292 g/mol. The summed E-state index contributed by atoms with van der Waals surface area (Å²) in [6.07, 6.45) is 0. The molecule has 0 saturated carbocycles. The number of carbonyl (C=O) groups is 1. The number of likely N-dealkylation sites (N-methyl/N-ethyl adjacent to an activating group) is 1. The summed E-state index contributed by atoms with van der Waals surface area (Å²) in [7, 11) is 1.63. The van der Waals surface area contributed by atoms with Crippen molar-refractivity contribution in [3.63, 3.8) is 0 Å². The van der Waals surface area contributed by atoms with Gasteiger partial charge in [0, 0.05) is 30.3 Å². The molecular weight excluding hydrogens is 272 g/mol. The van der Waals surface area contributed by atoms with Crippen LogP contribution in [0.15, 0.2) is 18.2 Å². The molecule has 0 spiro atoms. The zero-order chi connectivity index (χ0) is 14.7. The number of nitrogens with zero attached hydrogens (tertiary/aromatic N) is 1. The molecule has 2 N–H and O–H groups in total. The normalized spacial score (nSPS) is 10.9. The molecule has 0 saturated heterocycles. The van der Waals surface area contributed by atoms with Crippen LogP contribution >= 0.6 is 11.3 Å². The van der Waals surface area contributed by atoms with Gasteiger partial charge >= 0.3 is 0 Å². The van der Waals surface area contributed by atoms with Gasteiger partial charge in [0.2, 0.25) is 0 Å². The lowest BCUT2D eigenvalue weighted by molar-refractivity contribution is 0.0712. The maximum Gasteiger partial charge on any atom is 0.266 e. The maximum absolute atomic E-state index is 12.6. The predicted octanol–water partition coefficient (Wildman–Crippen LogP) is 2.90. The Bertz CT molecular complexity index is 622. The third kappa shape index (κ3) is 2.78. The summed E-state index contributed by atoms with van der Waals surface area (Å²) in [6, 6.07) is 6.09. The number of nitrogens with two attached hydrogens (primary N) is 1. The second-order valence-electron chi connectivity index (χ2n) is 4.72. The summed E-state index contributed by atoms with van der Waals surface area (Å²) in [5, 5.41) is 0.973. The van der Waals surface area contributed by atoms with Gasteiger partial charge in [-0.25, -0.2) is 0 Å². The van der Waals surface area contributed by atoms with E-state index >= 15 is 0 Å². The number of fused-ring (bicyclic) bond motifs is 1. The van der Waals surface area contributed by atoms with E-state index in [4.69, 9.17) is 10.5 Å². The summed E-state index contributed by atoms with van der Waals surface area (Å²) in [5.74, 6) is -0.0131. The molecule has 108 valence electrons. The number of rotatable bonds is 5. The van der Waals surface area contributed by atoms with Crippen molar-refractivity contribution in [1.29, 1.82) is 0 Å². The maximum atomic E-state index is 12.6. The van der Waals surface area contributed by atoms with Crippen LogP contribution in [0.1, 0.15) is 22.2 Å². The number of ether oxygens (including phenoxy) is 1. The molecule has 0 atom stereocenters. The van der Waals surface area contributed by atoms with E-state index < -0.39 is 0 Å². The molecule has 0 radical (unpaired) electrons. The highest BCUT2D eigenvalue weighted by Gasteiger charge is 2.20. The predicted molar refractivity (Wildman–Crippen MR) is 84.4 cm³/mol. The molecule has 1 amide bonds. The molecule has 0 unspecified atom stereocenters. The Hall–Kier alpha value is -1.59. The summed E-state index contributed by atoms with van der Waals surface area (Å²) in [5.41, 5.74) is 7.90. The van der Waals surface area contributed by atoms with Crippen molar-refractivity contribution >= 4 is 33.0 Å². The first-order valence-electron chi connectivity index (χ1n) is 6.65. The minimum Gasteiger partial charge on any atom is -0.397 e. The van der Waals surface area contributed by atoms with Crippen LogP contribution in [0.3, 0.4) is 0 Å². The fourth-order valence-electron chi connectivity index (χ4n) is 2.14. The van der Waals surface area contributed by atoms with Crippen LogP contribution in [0, 0.1) is 6.92 Å². The van der Waals surface area contributed by atoms with E-state index in [0.29, 0.717) is 30.3 Å². The Morgan fingerprint density at radius 2 is 2.20 bits per heavy atom. The number of anilines is 1. The SMILES string of the molecule is CCN(CCOC)C(=O)c1sc2ccc(C)cc2c1N. The average molecular weight is 292 g/mol. The zero-order valence-electron chi connectivity index (χ0n) is 12.1. The Morgan fingerprint density at radius 1 is 1.45 bits per heavy atom. The van der Waals surface area contributed by atoms with Crippen molar-refractivity contribution in [3.8, 4) is 0 Å². The van der Waals surface area contributed by atoms with Crippen LogP contribution < -0.4 is 5.73 Å². The van der Waals surface area contributed by atoms with E-state index in [1.165, 1.54) is 11.3 Å². The molecule has 0 bridgehead atoms. The molecule has 1 heterocycles. The van der Waals surface area contributed by atoms with E-state index in [0.717, 1.165) is 15.6 Å². The number of hydrogen-bond donors (Lipinski definition) is 1. The number of thiophene rings is 1. The van der Waals surface area contributed by atoms with Gasteiger partial charge in [-0.15, -0.1) is 11.3 Å². The highest BCUT2D eigenvalue weighted by molar-refractivity contribution is 7.21. The van der Waals surface area contributed by atoms with Gasteiger partial charge in [-0.2, -0.15) is 0 Å². The van der Waals surface area contributed by atoms with Crippen molar-refractivity contribution in [2.45, 2.75) is 13.8 Å². The largest absolute Gasteiger partial charge is 0.397 e. The number of nitrogen functional groups attached to an aromatic ring is 1. The highest BCUT2D eigenvalue weighted by atomic mass is 32.1. The number of methoxy groups -OCH3 is 1. The Kier molecular flexibility index (Phi) is 4.62. The Balaban J connectivity index is 2.36. The molecule has 0 aliphatic heterocycles. The molecule has 4 nitrogen and oxygen atoms in total. The van der Waals surface area contributed by atoms with Crippen molar-refractivity contribution in [2.24, 2.45) is 0 Å². The van der Waals surface area contributed by atoms with Crippen molar-refractivity contribution < 1.29 is 9.53 Å². The lowest BCUT2D eigenvalue weighted by Crippen LogP contribution is -2.33. The highest BCUT2D eigenvalue weighted by Crippen LogP contribution is 2.34. The fraction of sp³-hybridized carbons (Fsp3) is 0.400. The number of aryl methyl sites for hydroxylation is 1. The lowest BCUT2D eigenvalue weighted by Gasteiger charge is -2.19. The second kappa shape index (κ2) is 6.24. The second-order valence-corrected chi connectivity index (χ2v) is 5.77. The molecule has 0 aliphatic carbocycles. The van der Waals surface area contributed by atoms with Gasteiger partial charge in [0.05, 0.1) is 12.3 Å². The molecule has 0 fully saturated rings. The number of amides is 1. The van der Waals surface area contributed by atoms with Gasteiger partial charge in [0.15, 0.2) is 0 Å². The van der Waals surface area contributed by atoms with Crippen LogP contribution in [0.5, 0.6) is 0 Å². The summed E-state index contributed by atoms with van der Waals surface area (Å²) < 4.78 is 6.10. The Morgan fingerprint density at radius 3 is 2.85 bits per heavy atom. The third-order valence-corrected chi connectivity index (χ3v) is 4.48. The number of carbonyl (C=O) groups excluding carboxylic acids is 1. The van der Waals surface area contributed by atoms with Crippen molar-refractivity contribution in [2.75, 3.05) is 32.5 Å². The summed E-state index contributed by atoms with van der Waals surface area (Å²) in [6.45, 7) is 5.74. The molecule has 20 heavy (non-hydrogen) atoms. The first-order chi connectivity index (χ1) is 9.58. The van der Waals surface area contributed by atoms with Crippen LogP contribution in [0.25, 0.3) is 10.1 Å². The van der Waals surface area contributed by atoms with Crippen molar-refractivity contribution in [1.82, 2.24) is 4.90 Å². The van der Waals surface area contributed by atoms with Gasteiger partial charge in [-0.05, 0) is 26.0 Å². The van der Waals surface area contributed by atoms with Gasteiger partial charge in [0.25, 0.3) is 5.91 Å². The van der Waals surface area contributed by atoms with Crippen molar-refractivity contribution in [3.05, 3.63) is 28.6 Å². The van der Waals surface area contributed by atoms with E-state index in [-0.39, 0.29) is 5.91 Å². The average Bonchev–Trinajstić information content (AvgIpc) is 2.76. The lowest BCUT2D eigenvalue weighted by atomic mass is 10.1. The first-order valence-corrected chi connectivity index (χ1v) is 7.47. The Labute approximate surface area is 123 Å². The van der Waals surface area contributed by atoms with Gasteiger partial charge in [-0.1, -0.05) is 11.6 Å². The van der Waals surface area contributed by atoms with Crippen LogP contribution in [0.2, 0.25) is 0 Å². The molecule has 1 aromatic carbocycles. The van der Waals surface area contributed by atoms with Gasteiger partial charge < -0.3 is 15.4 Å². The molecule has 2 aromatic rings. The molecule has 2 rings (SSSR count). The standard InChI is InChI=1S/C15H20N2O2S/c1-4-17(7-8-19-3)15(18)14-13(16)11-9-10(2)5-6-12(11)20-14/h5-6,9H,4,7-8,16H2,1-3H3. The van der Waals surface area contributed by atoms with E-state index in [9.17, 15) is 4.79 Å². The minimum atomic E-state index is -0.0131. The van der Waals surface area contributed by atoms with Crippen LogP contribution in [-0.2, 0) is 4.74 Å². The topological polar surface area (TPSA) is 55.6 Å². The number of hydrogen-bond acceptors (Lipinski definition) is 4. The first kappa shape index (κ1) is 14.8. The van der Waals surface area contributed by atoms with Crippen LogP contribution in [0.4, 0.5) is 5.69 Å². The van der Waals surface area contributed by atoms with E-state index in [2.05, 4.69) is 0 Å². The summed E-state index contributed by atoms with van der Waals surface area (Å²) >= 11 is 1.46. The zero-order valence-corrected chi connectivity index (χ0v) is 12.9. The fourth-order valence-corrected chi connectivity index (χ4v) is 3.21. The van der Waals surface area contributed by atoms with E-state index in [1.807, 2.05) is 32.0 Å². The number of benzene rings is 1. The quantitative estimate of drug-likeness (QED) is 0.922.